The third kappa shape index (κ3) is 5.19. The smallest absolute Gasteiger partial charge is 0.226 e. The van der Waals surface area contributed by atoms with E-state index in [1.165, 1.54) is 5.56 Å². The normalized spacial score (nSPS) is 10.3. The van der Waals surface area contributed by atoms with Crippen LogP contribution in [0.1, 0.15) is 11.1 Å². The quantitative estimate of drug-likeness (QED) is 0.782. The SMILES string of the molecule is Cc1ccc(OCCN(C)C(=O)Cc2ccc(Br)cc2)cc1. The van der Waals surface area contributed by atoms with E-state index in [9.17, 15) is 4.79 Å². The fraction of sp³-hybridized carbons (Fsp3) is 0.278. The molecule has 0 spiro atoms. The van der Waals surface area contributed by atoms with Crippen LogP contribution in [0.15, 0.2) is 53.0 Å². The molecule has 0 saturated heterocycles. The number of amides is 1. The molecule has 0 aliphatic heterocycles. The number of nitrogens with zero attached hydrogens (tertiary/aromatic N) is 1. The number of halogens is 1. The molecule has 0 aliphatic carbocycles. The molecule has 1 amide bonds. The number of hydrogen-bond acceptors (Lipinski definition) is 2. The Morgan fingerprint density at radius 2 is 1.73 bits per heavy atom. The van der Waals surface area contributed by atoms with Crippen molar-refractivity contribution in [3.8, 4) is 5.75 Å². The van der Waals surface area contributed by atoms with E-state index in [1.54, 1.807) is 11.9 Å². The predicted octanol–water partition coefficient (Wildman–Crippen LogP) is 3.84. The summed E-state index contributed by atoms with van der Waals surface area (Å²) in [7, 11) is 1.81. The zero-order chi connectivity index (χ0) is 15.9. The molecule has 22 heavy (non-hydrogen) atoms. The number of aryl methyl sites for hydroxylation is 1. The minimum absolute atomic E-state index is 0.0924. The molecule has 0 heterocycles. The first-order valence-electron chi connectivity index (χ1n) is 7.22. The molecule has 2 rings (SSSR count). The highest BCUT2D eigenvalue weighted by atomic mass is 79.9. The third-order valence-electron chi connectivity index (χ3n) is 3.41. The van der Waals surface area contributed by atoms with Crippen molar-refractivity contribution in [2.75, 3.05) is 20.2 Å². The lowest BCUT2D eigenvalue weighted by Gasteiger charge is -2.17. The molecule has 0 bridgehead atoms. The summed E-state index contributed by atoms with van der Waals surface area (Å²) in [5.41, 5.74) is 2.22. The topological polar surface area (TPSA) is 29.5 Å². The molecule has 116 valence electrons. The maximum Gasteiger partial charge on any atom is 0.226 e. The van der Waals surface area contributed by atoms with Gasteiger partial charge < -0.3 is 9.64 Å². The van der Waals surface area contributed by atoms with Gasteiger partial charge in [0, 0.05) is 11.5 Å². The second-order valence-corrected chi connectivity index (χ2v) is 6.20. The van der Waals surface area contributed by atoms with Gasteiger partial charge in [-0.3, -0.25) is 4.79 Å². The van der Waals surface area contributed by atoms with Gasteiger partial charge in [0.2, 0.25) is 5.91 Å². The van der Waals surface area contributed by atoms with Gasteiger partial charge in [0.1, 0.15) is 12.4 Å². The number of benzene rings is 2. The van der Waals surface area contributed by atoms with Gasteiger partial charge >= 0.3 is 0 Å². The molecule has 0 aromatic heterocycles. The Labute approximate surface area is 140 Å². The second-order valence-electron chi connectivity index (χ2n) is 5.28. The Hall–Kier alpha value is -1.81. The minimum atomic E-state index is 0.0924. The maximum atomic E-state index is 12.1. The summed E-state index contributed by atoms with van der Waals surface area (Å²) < 4.78 is 6.66. The van der Waals surface area contributed by atoms with Crippen LogP contribution in [-0.4, -0.2) is 31.0 Å². The molecule has 0 fully saturated rings. The summed E-state index contributed by atoms with van der Waals surface area (Å²) in [5, 5.41) is 0. The summed E-state index contributed by atoms with van der Waals surface area (Å²) in [4.78, 5) is 13.8. The highest BCUT2D eigenvalue weighted by molar-refractivity contribution is 9.10. The average molecular weight is 362 g/mol. The van der Waals surface area contributed by atoms with Crippen molar-refractivity contribution in [1.82, 2.24) is 4.90 Å². The Balaban J connectivity index is 1.76. The summed E-state index contributed by atoms with van der Waals surface area (Å²) in [6.07, 6.45) is 0.411. The van der Waals surface area contributed by atoms with E-state index in [1.807, 2.05) is 55.5 Å². The molecule has 0 unspecified atom stereocenters. The highest BCUT2D eigenvalue weighted by Crippen LogP contribution is 2.12. The van der Waals surface area contributed by atoms with Gasteiger partial charge in [-0.25, -0.2) is 0 Å². The minimum Gasteiger partial charge on any atom is -0.492 e. The third-order valence-corrected chi connectivity index (χ3v) is 3.94. The first-order chi connectivity index (χ1) is 10.5. The van der Waals surface area contributed by atoms with Crippen LogP contribution < -0.4 is 4.74 Å². The lowest BCUT2D eigenvalue weighted by molar-refractivity contribution is -0.129. The van der Waals surface area contributed by atoms with Crippen molar-refractivity contribution >= 4 is 21.8 Å². The monoisotopic (exact) mass is 361 g/mol. The first-order valence-corrected chi connectivity index (χ1v) is 8.02. The van der Waals surface area contributed by atoms with Crippen molar-refractivity contribution in [1.29, 1.82) is 0 Å². The molecular formula is C18H20BrNO2. The Bertz CT molecular complexity index is 608. The number of rotatable bonds is 6. The molecule has 0 aliphatic rings. The number of hydrogen-bond donors (Lipinski definition) is 0. The van der Waals surface area contributed by atoms with E-state index >= 15 is 0 Å². The molecule has 2 aromatic rings. The molecule has 0 saturated carbocycles. The van der Waals surface area contributed by atoms with E-state index in [4.69, 9.17) is 4.74 Å². The number of carbonyl (C=O) groups excluding carboxylic acids is 1. The van der Waals surface area contributed by atoms with Crippen LogP contribution in [0, 0.1) is 6.92 Å². The van der Waals surface area contributed by atoms with Crippen LogP contribution in [0.25, 0.3) is 0 Å². The standard InChI is InChI=1S/C18H20BrNO2/c1-14-3-9-17(10-4-14)22-12-11-20(2)18(21)13-15-5-7-16(19)8-6-15/h3-10H,11-13H2,1-2H3. The van der Waals surface area contributed by atoms with Crippen LogP contribution in [0.5, 0.6) is 5.75 Å². The van der Waals surface area contributed by atoms with Crippen LogP contribution in [0.4, 0.5) is 0 Å². The maximum absolute atomic E-state index is 12.1. The molecule has 3 nitrogen and oxygen atoms in total. The Morgan fingerprint density at radius 1 is 1.09 bits per heavy atom. The van der Waals surface area contributed by atoms with Crippen molar-refractivity contribution in [3.05, 3.63) is 64.1 Å². The van der Waals surface area contributed by atoms with E-state index < -0.39 is 0 Å². The van der Waals surface area contributed by atoms with Crippen LogP contribution in [0.2, 0.25) is 0 Å². The number of likely N-dealkylation sites (N-methyl/N-ethyl adjacent to an activating group) is 1. The van der Waals surface area contributed by atoms with Gasteiger partial charge in [0.15, 0.2) is 0 Å². The van der Waals surface area contributed by atoms with E-state index in [2.05, 4.69) is 15.9 Å². The van der Waals surface area contributed by atoms with E-state index in [-0.39, 0.29) is 5.91 Å². The van der Waals surface area contributed by atoms with Crippen molar-refractivity contribution in [3.63, 3.8) is 0 Å². The summed E-state index contributed by atoms with van der Waals surface area (Å²) in [6, 6.07) is 15.7. The van der Waals surface area contributed by atoms with Crippen molar-refractivity contribution < 1.29 is 9.53 Å². The largest absolute Gasteiger partial charge is 0.492 e. The molecule has 0 atom stereocenters. The van der Waals surface area contributed by atoms with Crippen molar-refractivity contribution in [2.24, 2.45) is 0 Å². The Morgan fingerprint density at radius 3 is 2.36 bits per heavy atom. The number of ether oxygens (including phenoxy) is 1. The van der Waals surface area contributed by atoms with Crippen LogP contribution in [-0.2, 0) is 11.2 Å². The van der Waals surface area contributed by atoms with Crippen LogP contribution in [0.3, 0.4) is 0 Å². The van der Waals surface area contributed by atoms with Gasteiger partial charge in [-0.15, -0.1) is 0 Å². The summed E-state index contributed by atoms with van der Waals surface area (Å²) >= 11 is 3.39. The molecule has 2 aromatic carbocycles. The highest BCUT2D eigenvalue weighted by Gasteiger charge is 2.09. The van der Waals surface area contributed by atoms with E-state index in [0.29, 0.717) is 19.6 Å². The molecule has 0 radical (unpaired) electrons. The summed E-state index contributed by atoms with van der Waals surface area (Å²) in [6.45, 7) is 3.10. The second kappa shape index (κ2) is 7.99. The van der Waals surface area contributed by atoms with Gasteiger partial charge in [-0.05, 0) is 36.8 Å². The fourth-order valence-electron chi connectivity index (χ4n) is 1.97. The average Bonchev–Trinajstić information content (AvgIpc) is 2.51. The fourth-order valence-corrected chi connectivity index (χ4v) is 2.24. The molecule has 4 heteroatoms. The van der Waals surface area contributed by atoms with E-state index in [0.717, 1.165) is 15.8 Å². The van der Waals surface area contributed by atoms with Gasteiger partial charge in [0.05, 0.1) is 13.0 Å². The zero-order valence-electron chi connectivity index (χ0n) is 12.9. The van der Waals surface area contributed by atoms with Gasteiger partial charge in [-0.2, -0.15) is 0 Å². The zero-order valence-corrected chi connectivity index (χ0v) is 14.5. The van der Waals surface area contributed by atoms with Crippen LogP contribution >= 0.6 is 15.9 Å². The molecule has 0 N–H and O–H groups in total. The predicted molar refractivity (Wildman–Crippen MR) is 92.2 cm³/mol. The van der Waals surface area contributed by atoms with Gasteiger partial charge in [0.25, 0.3) is 0 Å². The van der Waals surface area contributed by atoms with Crippen molar-refractivity contribution in [2.45, 2.75) is 13.3 Å². The molecular weight excluding hydrogens is 342 g/mol. The lowest BCUT2D eigenvalue weighted by atomic mass is 10.1. The van der Waals surface area contributed by atoms with Gasteiger partial charge in [-0.1, -0.05) is 45.8 Å². The Kier molecular flexibility index (Phi) is 6.01. The first kappa shape index (κ1) is 16.6. The lowest BCUT2D eigenvalue weighted by Crippen LogP contribution is -2.32. The number of carbonyl (C=O) groups is 1. The summed E-state index contributed by atoms with van der Waals surface area (Å²) in [5.74, 6) is 0.925.